The van der Waals surface area contributed by atoms with Crippen molar-refractivity contribution in [3.05, 3.63) is 59.7 Å². The van der Waals surface area contributed by atoms with Crippen LogP contribution in [0.25, 0.3) is 0 Å². The summed E-state index contributed by atoms with van der Waals surface area (Å²) in [7, 11) is 0. The minimum Gasteiger partial charge on any atom is -0.494 e. The van der Waals surface area contributed by atoms with E-state index in [0.29, 0.717) is 17.9 Å². The topological polar surface area (TPSA) is 76.7 Å². The number of hydrogen-bond donors (Lipinski definition) is 2. The van der Waals surface area contributed by atoms with Crippen molar-refractivity contribution in [2.24, 2.45) is 5.10 Å². The molecule has 0 aromatic heterocycles. The van der Waals surface area contributed by atoms with Gasteiger partial charge >= 0.3 is 0 Å². The molecule has 0 saturated carbocycles. The maximum absolute atomic E-state index is 12.0. The minimum atomic E-state index is -0.271. The van der Waals surface area contributed by atoms with Gasteiger partial charge in [0.1, 0.15) is 5.75 Å². The molecule has 0 radical (unpaired) electrons. The van der Waals surface area contributed by atoms with Gasteiger partial charge in [-0.2, -0.15) is 5.10 Å². The van der Waals surface area contributed by atoms with Crippen LogP contribution in [0, 0.1) is 0 Å². The quantitative estimate of drug-likeness (QED) is 0.488. The van der Waals surface area contributed by atoms with Crippen LogP contribution in [0.5, 0.6) is 5.75 Å². The molecule has 2 rings (SSSR count). The second-order valence-corrected chi connectivity index (χ2v) is 5.13. The average Bonchev–Trinajstić information content (AvgIpc) is 2.58. The molecule has 3 N–H and O–H groups in total. The highest BCUT2D eigenvalue weighted by molar-refractivity contribution is 6.01. The van der Waals surface area contributed by atoms with Gasteiger partial charge in [0.2, 0.25) is 0 Å². The van der Waals surface area contributed by atoms with Gasteiger partial charge in [0.15, 0.2) is 0 Å². The molecule has 0 fully saturated rings. The van der Waals surface area contributed by atoms with Crippen LogP contribution < -0.4 is 15.9 Å². The average molecular weight is 311 g/mol. The molecule has 5 heteroatoms. The molecule has 0 bridgehead atoms. The fraction of sp³-hybridized carbons (Fsp3) is 0.222. The summed E-state index contributed by atoms with van der Waals surface area (Å²) < 4.78 is 5.54. The molecule has 0 aliphatic rings. The number of carbonyl (C=O) groups excluding carboxylic acids is 1. The number of benzene rings is 2. The standard InChI is InChI=1S/C18H21N3O2/c1-3-12-23-17-10-6-14(7-11-17)13(2)20-21-18(22)15-4-8-16(19)9-5-15/h4-11H,3,12,19H2,1-2H3,(H,21,22)/b20-13-. The first-order valence-corrected chi connectivity index (χ1v) is 7.53. The fourth-order valence-corrected chi connectivity index (χ4v) is 1.91. The molecule has 5 nitrogen and oxygen atoms in total. The molecule has 0 heterocycles. The Bertz CT molecular complexity index is 676. The van der Waals surface area contributed by atoms with Crippen LogP contribution in [0.15, 0.2) is 53.6 Å². The number of nitrogens with one attached hydrogen (secondary N) is 1. The van der Waals surface area contributed by atoms with E-state index >= 15 is 0 Å². The van der Waals surface area contributed by atoms with Crippen molar-refractivity contribution in [1.29, 1.82) is 0 Å². The van der Waals surface area contributed by atoms with E-state index in [2.05, 4.69) is 17.5 Å². The molecule has 0 aliphatic heterocycles. The van der Waals surface area contributed by atoms with E-state index in [9.17, 15) is 4.79 Å². The van der Waals surface area contributed by atoms with E-state index in [-0.39, 0.29) is 5.91 Å². The van der Waals surface area contributed by atoms with Crippen molar-refractivity contribution in [2.45, 2.75) is 20.3 Å². The Balaban J connectivity index is 1.99. The van der Waals surface area contributed by atoms with Gasteiger partial charge in [-0.15, -0.1) is 0 Å². The Morgan fingerprint density at radius 1 is 1.09 bits per heavy atom. The van der Waals surface area contributed by atoms with Crippen molar-refractivity contribution in [2.75, 3.05) is 12.3 Å². The first-order chi connectivity index (χ1) is 11.1. The molecule has 120 valence electrons. The summed E-state index contributed by atoms with van der Waals surface area (Å²) in [6.07, 6.45) is 0.972. The summed E-state index contributed by atoms with van der Waals surface area (Å²) in [6.45, 7) is 4.60. The van der Waals surface area contributed by atoms with Crippen LogP contribution >= 0.6 is 0 Å². The number of nitrogens with two attached hydrogens (primary N) is 1. The predicted molar refractivity (Wildman–Crippen MR) is 92.8 cm³/mol. The van der Waals surface area contributed by atoms with Crippen LogP contribution in [0.3, 0.4) is 0 Å². The number of carbonyl (C=O) groups is 1. The van der Waals surface area contributed by atoms with Crippen LogP contribution in [0.4, 0.5) is 5.69 Å². The lowest BCUT2D eigenvalue weighted by molar-refractivity contribution is 0.0955. The molecule has 0 aliphatic carbocycles. The lowest BCUT2D eigenvalue weighted by Crippen LogP contribution is -2.19. The highest BCUT2D eigenvalue weighted by Crippen LogP contribution is 2.13. The van der Waals surface area contributed by atoms with Gasteiger partial charge < -0.3 is 10.5 Å². The van der Waals surface area contributed by atoms with Gasteiger partial charge in [-0.3, -0.25) is 4.79 Å². The number of nitrogens with zero attached hydrogens (tertiary/aromatic N) is 1. The number of anilines is 1. The molecule has 2 aromatic carbocycles. The van der Waals surface area contributed by atoms with E-state index < -0.39 is 0 Å². The SMILES string of the molecule is CCCOc1ccc(/C(C)=N\NC(=O)c2ccc(N)cc2)cc1. The van der Waals surface area contributed by atoms with Crippen LogP contribution in [-0.4, -0.2) is 18.2 Å². The second-order valence-electron chi connectivity index (χ2n) is 5.13. The van der Waals surface area contributed by atoms with Crippen molar-refractivity contribution in [3.63, 3.8) is 0 Å². The van der Waals surface area contributed by atoms with E-state index in [0.717, 1.165) is 23.4 Å². The summed E-state index contributed by atoms with van der Waals surface area (Å²) in [4.78, 5) is 12.0. The van der Waals surface area contributed by atoms with Gasteiger partial charge in [-0.05, 0) is 67.4 Å². The highest BCUT2D eigenvalue weighted by Gasteiger charge is 2.04. The second kappa shape index (κ2) is 7.98. The van der Waals surface area contributed by atoms with Crippen molar-refractivity contribution in [3.8, 4) is 5.75 Å². The van der Waals surface area contributed by atoms with E-state index in [1.165, 1.54) is 0 Å². The lowest BCUT2D eigenvalue weighted by atomic mass is 10.1. The zero-order chi connectivity index (χ0) is 16.7. The number of amides is 1. The lowest BCUT2D eigenvalue weighted by Gasteiger charge is -2.06. The van der Waals surface area contributed by atoms with Gasteiger partial charge in [-0.1, -0.05) is 6.92 Å². The molecule has 2 aromatic rings. The van der Waals surface area contributed by atoms with Crippen LogP contribution in [-0.2, 0) is 0 Å². The maximum atomic E-state index is 12.0. The fourth-order valence-electron chi connectivity index (χ4n) is 1.91. The molecule has 23 heavy (non-hydrogen) atoms. The van der Waals surface area contributed by atoms with Crippen LogP contribution in [0.1, 0.15) is 36.2 Å². The molecule has 0 saturated heterocycles. The Morgan fingerprint density at radius 3 is 2.30 bits per heavy atom. The van der Waals surface area contributed by atoms with E-state index in [4.69, 9.17) is 10.5 Å². The molecule has 1 amide bonds. The highest BCUT2D eigenvalue weighted by atomic mass is 16.5. The summed E-state index contributed by atoms with van der Waals surface area (Å²) >= 11 is 0. The largest absolute Gasteiger partial charge is 0.494 e. The molecule has 0 atom stereocenters. The number of ether oxygens (including phenoxy) is 1. The predicted octanol–water partition coefficient (Wildman–Crippen LogP) is 3.21. The third-order valence-corrected chi connectivity index (χ3v) is 3.24. The van der Waals surface area contributed by atoms with Gasteiger partial charge in [0.05, 0.1) is 12.3 Å². The number of hydrogen-bond acceptors (Lipinski definition) is 4. The van der Waals surface area contributed by atoms with Crippen molar-refractivity contribution < 1.29 is 9.53 Å². The summed E-state index contributed by atoms with van der Waals surface area (Å²) in [5.41, 5.74) is 10.9. The van der Waals surface area contributed by atoms with E-state index in [1.807, 2.05) is 31.2 Å². The first-order valence-electron chi connectivity index (χ1n) is 7.53. The third kappa shape index (κ3) is 4.85. The summed E-state index contributed by atoms with van der Waals surface area (Å²) in [5.74, 6) is 0.557. The Morgan fingerprint density at radius 2 is 1.70 bits per heavy atom. The molecular formula is C18H21N3O2. The van der Waals surface area contributed by atoms with Crippen LogP contribution in [0.2, 0.25) is 0 Å². The summed E-state index contributed by atoms with van der Waals surface area (Å²) in [6, 6.07) is 14.3. The molecule has 0 unspecified atom stereocenters. The van der Waals surface area contributed by atoms with E-state index in [1.54, 1.807) is 24.3 Å². The zero-order valence-electron chi connectivity index (χ0n) is 13.4. The Kier molecular flexibility index (Phi) is 5.74. The van der Waals surface area contributed by atoms with Gasteiger partial charge in [0, 0.05) is 11.3 Å². The third-order valence-electron chi connectivity index (χ3n) is 3.24. The number of nitrogen functional groups attached to an aromatic ring is 1. The Labute approximate surface area is 136 Å². The first kappa shape index (κ1) is 16.5. The number of hydrazone groups is 1. The maximum Gasteiger partial charge on any atom is 0.271 e. The van der Waals surface area contributed by atoms with Crippen molar-refractivity contribution in [1.82, 2.24) is 5.43 Å². The monoisotopic (exact) mass is 311 g/mol. The van der Waals surface area contributed by atoms with Gasteiger partial charge in [-0.25, -0.2) is 5.43 Å². The smallest absolute Gasteiger partial charge is 0.271 e. The number of rotatable bonds is 6. The summed E-state index contributed by atoms with van der Waals surface area (Å²) in [5, 5.41) is 4.13. The molecular weight excluding hydrogens is 290 g/mol. The zero-order valence-corrected chi connectivity index (χ0v) is 13.4. The Hall–Kier alpha value is -2.82. The van der Waals surface area contributed by atoms with Crippen molar-refractivity contribution >= 4 is 17.3 Å². The molecule has 0 spiro atoms. The normalized spacial score (nSPS) is 11.1. The van der Waals surface area contributed by atoms with Gasteiger partial charge in [0.25, 0.3) is 5.91 Å². The minimum absolute atomic E-state index is 0.271.